The Bertz CT molecular complexity index is 552. The Morgan fingerprint density at radius 3 is 2.38 bits per heavy atom. The molecule has 0 aliphatic carbocycles. The second-order valence-electron chi connectivity index (χ2n) is 6.16. The van der Waals surface area contributed by atoms with Gasteiger partial charge in [0.25, 0.3) is 0 Å². The lowest BCUT2D eigenvalue weighted by Crippen LogP contribution is -2.42. The van der Waals surface area contributed by atoms with Crippen molar-refractivity contribution in [2.75, 3.05) is 26.2 Å². The third-order valence-corrected chi connectivity index (χ3v) is 4.41. The minimum atomic E-state index is -1.56. The summed E-state index contributed by atoms with van der Waals surface area (Å²) < 4.78 is 39.7. The first-order valence-corrected chi connectivity index (χ1v) is 8.24. The fourth-order valence-electron chi connectivity index (χ4n) is 3.04. The van der Waals surface area contributed by atoms with Gasteiger partial charge in [-0.1, -0.05) is 6.92 Å². The van der Waals surface area contributed by atoms with Crippen LogP contribution in [0.2, 0.25) is 0 Å². The number of aliphatic hydroxyl groups excluding tert-OH is 1. The number of carbonyl (C=O) groups is 1. The summed E-state index contributed by atoms with van der Waals surface area (Å²) in [6, 6.07) is 0.628. The number of hydrogen-bond acceptors (Lipinski definition) is 3. The van der Waals surface area contributed by atoms with Crippen LogP contribution in [0.1, 0.15) is 37.8 Å². The van der Waals surface area contributed by atoms with Crippen molar-refractivity contribution in [1.82, 2.24) is 10.2 Å². The standard InChI is InChI=1S/C17H23F3N2O2/c1-2-5-22-6-3-11(4-7-22)17(24)21-15(10-23)12-8-13(18)16(20)14(19)9-12/h8-9,11,15,23H,2-7,10H2,1H3,(H,21,24). The van der Waals surface area contributed by atoms with E-state index in [4.69, 9.17) is 0 Å². The van der Waals surface area contributed by atoms with Gasteiger partial charge in [-0.25, -0.2) is 13.2 Å². The Hall–Kier alpha value is -1.60. The maximum Gasteiger partial charge on any atom is 0.223 e. The Kier molecular flexibility index (Phi) is 6.62. The molecule has 0 spiro atoms. The third kappa shape index (κ3) is 4.48. The summed E-state index contributed by atoms with van der Waals surface area (Å²) >= 11 is 0. The van der Waals surface area contributed by atoms with Crippen LogP contribution in [-0.2, 0) is 4.79 Å². The van der Waals surface area contributed by atoms with Crippen LogP contribution in [-0.4, -0.2) is 42.2 Å². The van der Waals surface area contributed by atoms with Crippen molar-refractivity contribution in [3.05, 3.63) is 35.1 Å². The number of aliphatic hydroxyl groups is 1. The highest BCUT2D eigenvalue weighted by molar-refractivity contribution is 5.79. The molecule has 1 aliphatic heterocycles. The predicted octanol–water partition coefficient (Wildman–Crippen LogP) is 2.38. The van der Waals surface area contributed by atoms with Crippen molar-refractivity contribution in [3.63, 3.8) is 0 Å². The first kappa shape index (κ1) is 18.7. The van der Waals surface area contributed by atoms with Crippen LogP contribution in [0.25, 0.3) is 0 Å². The molecule has 2 rings (SSSR count). The highest BCUT2D eigenvalue weighted by Crippen LogP contribution is 2.22. The predicted molar refractivity (Wildman–Crippen MR) is 83.7 cm³/mol. The van der Waals surface area contributed by atoms with Gasteiger partial charge in [-0.05, 0) is 56.6 Å². The van der Waals surface area contributed by atoms with E-state index in [9.17, 15) is 23.1 Å². The Labute approximate surface area is 139 Å². The molecule has 7 heteroatoms. The molecule has 1 aromatic rings. The summed E-state index contributed by atoms with van der Waals surface area (Å²) in [5, 5.41) is 12.0. The number of amides is 1. The Balaban J connectivity index is 1.99. The van der Waals surface area contributed by atoms with Gasteiger partial charge in [0.2, 0.25) is 5.91 Å². The molecule has 0 bridgehead atoms. The van der Waals surface area contributed by atoms with Gasteiger partial charge < -0.3 is 15.3 Å². The van der Waals surface area contributed by atoms with Crippen molar-refractivity contribution in [2.45, 2.75) is 32.2 Å². The van der Waals surface area contributed by atoms with Gasteiger partial charge in [0.05, 0.1) is 12.6 Å². The molecule has 2 N–H and O–H groups in total. The van der Waals surface area contributed by atoms with Crippen molar-refractivity contribution in [3.8, 4) is 0 Å². The number of nitrogens with one attached hydrogen (secondary N) is 1. The molecule has 1 aliphatic rings. The van der Waals surface area contributed by atoms with Crippen molar-refractivity contribution in [1.29, 1.82) is 0 Å². The average molecular weight is 344 g/mol. The first-order chi connectivity index (χ1) is 11.5. The Morgan fingerprint density at radius 2 is 1.88 bits per heavy atom. The molecular weight excluding hydrogens is 321 g/mol. The van der Waals surface area contributed by atoms with Crippen LogP contribution in [0.4, 0.5) is 13.2 Å². The maximum absolute atomic E-state index is 13.3. The number of hydrogen-bond donors (Lipinski definition) is 2. The first-order valence-electron chi connectivity index (χ1n) is 8.24. The van der Waals surface area contributed by atoms with Crippen LogP contribution in [0.3, 0.4) is 0 Å². The van der Waals surface area contributed by atoms with Gasteiger partial charge in [0.15, 0.2) is 17.5 Å². The van der Waals surface area contributed by atoms with Crippen molar-refractivity contribution < 1.29 is 23.1 Å². The van der Waals surface area contributed by atoms with E-state index >= 15 is 0 Å². The monoisotopic (exact) mass is 344 g/mol. The van der Waals surface area contributed by atoms with E-state index in [0.29, 0.717) is 12.8 Å². The average Bonchev–Trinajstić information content (AvgIpc) is 2.58. The van der Waals surface area contributed by atoms with E-state index in [1.54, 1.807) is 0 Å². The van der Waals surface area contributed by atoms with Gasteiger partial charge in [0.1, 0.15) is 0 Å². The molecular formula is C17H23F3N2O2. The minimum absolute atomic E-state index is 0.00525. The lowest BCUT2D eigenvalue weighted by molar-refractivity contribution is -0.127. The molecule has 0 radical (unpaired) electrons. The van der Waals surface area contributed by atoms with Gasteiger partial charge >= 0.3 is 0 Å². The maximum atomic E-state index is 13.3. The number of halogens is 3. The molecule has 1 saturated heterocycles. The second-order valence-corrected chi connectivity index (χ2v) is 6.16. The number of benzene rings is 1. The minimum Gasteiger partial charge on any atom is -0.394 e. The molecule has 1 unspecified atom stereocenters. The van der Waals surface area contributed by atoms with Gasteiger partial charge in [0, 0.05) is 5.92 Å². The van der Waals surface area contributed by atoms with Crippen LogP contribution < -0.4 is 5.32 Å². The molecule has 1 atom stereocenters. The molecule has 1 heterocycles. The molecule has 24 heavy (non-hydrogen) atoms. The van der Waals surface area contributed by atoms with Gasteiger partial charge in [-0.3, -0.25) is 4.79 Å². The van der Waals surface area contributed by atoms with E-state index in [-0.39, 0.29) is 17.4 Å². The topological polar surface area (TPSA) is 52.6 Å². The van der Waals surface area contributed by atoms with Crippen LogP contribution in [0.5, 0.6) is 0 Å². The normalized spacial score (nSPS) is 17.7. The van der Waals surface area contributed by atoms with Crippen LogP contribution in [0.15, 0.2) is 12.1 Å². The van der Waals surface area contributed by atoms with E-state index in [2.05, 4.69) is 17.1 Å². The summed E-state index contributed by atoms with van der Waals surface area (Å²) in [7, 11) is 0. The summed E-state index contributed by atoms with van der Waals surface area (Å²) in [5.41, 5.74) is 0.00525. The number of carbonyl (C=O) groups excluding carboxylic acids is 1. The van der Waals surface area contributed by atoms with E-state index in [0.717, 1.165) is 38.2 Å². The highest BCUT2D eigenvalue weighted by Gasteiger charge is 2.27. The zero-order valence-electron chi connectivity index (χ0n) is 13.7. The summed E-state index contributed by atoms with van der Waals surface area (Å²) in [4.78, 5) is 14.6. The van der Waals surface area contributed by atoms with Crippen molar-refractivity contribution >= 4 is 5.91 Å². The van der Waals surface area contributed by atoms with Crippen LogP contribution in [0, 0.1) is 23.4 Å². The molecule has 4 nitrogen and oxygen atoms in total. The highest BCUT2D eigenvalue weighted by atomic mass is 19.2. The summed E-state index contributed by atoms with van der Waals surface area (Å²) in [6.07, 6.45) is 2.47. The zero-order valence-corrected chi connectivity index (χ0v) is 13.7. The van der Waals surface area contributed by atoms with E-state index in [1.807, 2.05) is 0 Å². The molecule has 0 saturated carbocycles. The van der Waals surface area contributed by atoms with E-state index < -0.39 is 30.1 Å². The van der Waals surface area contributed by atoms with Gasteiger partial charge in [-0.15, -0.1) is 0 Å². The molecule has 1 fully saturated rings. The zero-order chi connectivity index (χ0) is 17.7. The fraction of sp³-hybridized carbons (Fsp3) is 0.588. The number of rotatable bonds is 6. The van der Waals surface area contributed by atoms with Gasteiger partial charge in [-0.2, -0.15) is 0 Å². The molecule has 0 aromatic heterocycles. The smallest absolute Gasteiger partial charge is 0.223 e. The number of nitrogens with zero attached hydrogens (tertiary/aromatic N) is 1. The van der Waals surface area contributed by atoms with Crippen LogP contribution >= 0.6 is 0 Å². The fourth-order valence-corrected chi connectivity index (χ4v) is 3.04. The lowest BCUT2D eigenvalue weighted by Gasteiger charge is -2.31. The van der Waals surface area contributed by atoms with Crippen molar-refractivity contribution in [2.24, 2.45) is 5.92 Å². The summed E-state index contributed by atoms with van der Waals surface area (Å²) in [5.74, 6) is -4.70. The number of likely N-dealkylation sites (tertiary alicyclic amines) is 1. The Morgan fingerprint density at radius 1 is 1.29 bits per heavy atom. The molecule has 134 valence electrons. The molecule has 1 aromatic carbocycles. The lowest BCUT2D eigenvalue weighted by atomic mass is 9.95. The second kappa shape index (κ2) is 8.48. The molecule has 1 amide bonds. The quantitative estimate of drug-likeness (QED) is 0.779. The SMILES string of the molecule is CCCN1CCC(C(=O)NC(CO)c2cc(F)c(F)c(F)c2)CC1. The third-order valence-electron chi connectivity index (χ3n) is 4.41. The number of piperidine rings is 1. The summed E-state index contributed by atoms with van der Waals surface area (Å²) in [6.45, 7) is 4.24. The van der Waals surface area contributed by atoms with E-state index in [1.165, 1.54) is 0 Å². The largest absolute Gasteiger partial charge is 0.394 e.